The maximum Gasteiger partial charge on any atom is 0.231 e. The second-order valence-electron chi connectivity index (χ2n) is 7.40. The molecule has 0 saturated carbocycles. The molecule has 0 atom stereocenters. The Kier molecular flexibility index (Phi) is 6.12. The van der Waals surface area contributed by atoms with Crippen LogP contribution in [0.3, 0.4) is 0 Å². The predicted molar refractivity (Wildman–Crippen MR) is 109 cm³/mol. The lowest BCUT2D eigenvalue weighted by Gasteiger charge is -2.30. The SMILES string of the molecule is COc1ncccc1CN1CCC(C=CCCc2cccc3c2OCO3)CC1. The minimum Gasteiger partial charge on any atom is -0.481 e. The number of ether oxygens (including phenoxy) is 3. The molecule has 2 aromatic rings. The zero-order valence-electron chi connectivity index (χ0n) is 16.5. The number of fused-ring (bicyclic) bond motifs is 1. The van der Waals surface area contributed by atoms with Crippen molar-refractivity contribution in [3.8, 4) is 17.4 Å². The number of rotatable bonds is 7. The molecule has 0 N–H and O–H groups in total. The lowest BCUT2D eigenvalue weighted by Crippen LogP contribution is -2.32. The second kappa shape index (κ2) is 9.11. The van der Waals surface area contributed by atoms with Gasteiger partial charge in [-0.3, -0.25) is 4.90 Å². The third-order valence-electron chi connectivity index (χ3n) is 5.54. The number of hydrogen-bond donors (Lipinski definition) is 0. The number of methoxy groups -OCH3 is 1. The molecule has 5 heteroatoms. The normalized spacial score (nSPS) is 17.3. The van der Waals surface area contributed by atoms with E-state index in [4.69, 9.17) is 14.2 Å². The van der Waals surface area contributed by atoms with Crippen molar-refractivity contribution < 1.29 is 14.2 Å². The van der Waals surface area contributed by atoms with E-state index in [-0.39, 0.29) is 0 Å². The average molecular weight is 380 g/mol. The van der Waals surface area contributed by atoms with E-state index >= 15 is 0 Å². The summed E-state index contributed by atoms with van der Waals surface area (Å²) < 4.78 is 16.4. The van der Waals surface area contributed by atoms with Gasteiger partial charge in [0.15, 0.2) is 11.5 Å². The average Bonchev–Trinajstić information content (AvgIpc) is 3.22. The first-order valence-corrected chi connectivity index (χ1v) is 10.1. The van der Waals surface area contributed by atoms with Gasteiger partial charge in [-0.2, -0.15) is 0 Å². The first-order valence-electron chi connectivity index (χ1n) is 10.1. The van der Waals surface area contributed by atoms with Gasteiger partial charge in [0, 0.05) is 18.3 Å². The molecular weight excluding hydrogens is 352 g/mol. The molecule has 2 aliphatic rings. The third-order valence-corrected chi connectivity index (χ3v) is 5.54. The number of pyridine rings is 1. The van der Waals surface area contributed by atoms with Gasteiger partial charge >= 0.3 is 0 Å². The Balaban J connectivity index is 1.22. The fourth-order valence-corrected chi connectivity index (χ4v) is 3.99. The van der Waals surface area contributed by atoms with Crippen LogP contribution in [0.1, 0.15) is 30.4 Å². The van der Waals surface area contributed by atoms with E-state index in [1.54, 1.807) is 13.3 Å². The predicted octanol–water partition coefficient (Wildman–Crippen LogP) is 4.22. The molecule has 0 radical (unpaired) electrons. The highest BCUT2D eigenvalue weighted by molar-refractivity contribution is 5.48. The van der Waals surface area contributed by atoms with Gasteiger partial charge < -0.3 is 14.2 Å². The summed E-state index contributed by atoms with van der Waals surface area (Å²) in [6.45, 7) is 3.48. The van der Waals surface area contributed by atoms with Gasteiger partial charge in [-0.05, 0) is 62.4 Å². The fraction of sp³-hybridized carbons (Fsp3) is 0.435. The van der Waals surface area contributed by atoms with E-state index in [2.05, 4.69) is 34.2 Å². The van der Waals surface area contributed by atoms with Gasteiger partial charge in [-0.25, -0.2) is 4.98 Å². The van der Waals surface area contributed by atoms with E-state index in [1.165, 1.54) is 24.0 Å². The molecule has 1 fully saturated rings. The number of hydrogen-bond acceptors (Lipinski definition) is 5. The number of aryl methyl sites for hydroxylation is 1. The van der Waals surface area contributed by atoms with Crippen molar-refractivity contribution in [2.24, 2.45) is 5.92 Å². The summed E-state index contributed by atoms with van der Waals surface area (Å²) in [5, 5.41) is 0. The van der Waals surface area contributed by atoms with Gasteiger partial charge in [0.1, 0.15) is 0 Å². The topological polar surface area (TPSA) is 43.8 Å². The number of para-hydroxylation sites is 1. The summed E-state index contributed by atoms with van der Waals surface area (Å²) in [6, 6.07) is 10.2. The van der Waals surface area contributed by atoms with E-state index in [1.807, 2.05) is 18.2 Å². The molecule has 2 aliphatic heterocycles. The van der Waals surface area contributed by atoms with Crippen LogP contribution < -0.4 is 14.2 Å². The van der Waals surface area contributed by atoms with Crippen molar-refractivity contribution in [1.29, 1.82) is 0 Å². The Bertz CT molecular complexity index is 813. The van der Waals surface area contributed by atoms with E-state index < -0.39 is 0 Å². The standard InChI is InChI=1S/C23H28N2O3/c1-26-23-20(9-5-13-24-23)16-25-14-11-18(12-15-25)6-2-3-7-19-8-4-10-21-22(19)28-17-27-21/h2,4-6,8-10,13,18H,3,7,11-12,14-17H2,1H3. The molecule has 0 spiro atoms. The molecule has 0 unspecified atom stereocenters. The number of nitrogens with zero attached hydrogens (tertiary/aromatic N) is 2. The van der Waals surface area contributed by atoms with E-state index in [0.29, 0.717) is 12.7 Å². The summed E-state index contributed by atoms with van der Waals surface area (Å²) in [6.07, 6.45) is 11.0. The molecule has 1 saturated heterocycles. The molecule has 4 rings (SSSR count). The first-order chi connectivity index (χ1) is 13.8. The lowest BCUT2D eigenvalue weighted by molar-refractivity contribution is 0.173. The lowest BCUT2D eigenvalue weighted by atomic mass is 9.95. The summed E-state index contributed by atoms with van der Waals surface area (Å²) >= 11 is 0. The third kappa shape index (κ3) is 4.47. The van der Waals surface area contributed by atoms with Gasteiger partial charge in [0.25, 0.3) is 0 Å². The van der Waals surface area contributed by atoms with Crippen molar-refractivity contribution in [3.63, 3.8) is 0 Å². The summed E-state index contributed by atoms with van der Waals surface area (Å²) in [4.78, 5) is 6.79. The first kappa shape index (κ1) is 18.8. The Hall–Kier alpha value is -2.53. The molecule has 3 heterocycles. The number of allylic oxidation sites excluding steroid dienone is 2. The Morgan fingerprint density at radius 1 is 1.14 bits per heavy atom. The Morgan fingerprint density at radius 3 is 2.86 bits per heavy atom. The zero-order valence-corrected chi connectivity index (χ0v) is 16.5. The van der Waals surface area contributed by atoms with Crippen LogP contribution in [0.15, 0.2) is 48.7 Å². The van der Waals surface area contributed by atoms with Crippen molar-refractivity contribution in [1.82, 2.24) is 9.88 Å². The fourth-order valence-electron chi connectivity index (χ4n) is 3.99. The highest BCUT2D eigenvalue weighted by Crippen LogP contribution is 2.36. The van der Waals surface area contributed by atoms with Crippen LogP contribution in [-0.2, 0) is 13.0 Å². The van der Waals surface area contributed by atoms with Gasteiger partial charge in [0.2, 0.25) is 12.7 Å². The Labute approximate surface area is 166 Å². The van der Waals surface area contributed by atoms with Crippen LogP contribution in [0.5, 0.6) is 17.4 Å². The monoisotopic (exact) mass is 380 g/mol. The van der Waals surface area contributed by atoms with Crippen molar-refractivity contribution in [2.45, 2.75) is 32.2 Å². The minimum absolute atomic E-state index is 0.339. The van der Waals surface area contributed by atoms with Crippen LogP contribution in [0.2, 0.25) is 0 Å². The molecule has 28 heavy (non-hydrogen) atoms. The number of aromatic nitrogens is 1. The summed E-state index contributed by atoms with van der Waals surface area (Å²) in [5.41, 5.74) is 2.40. The maximum atomic E-state index is 5.59. The van der Waals surface area contributed by atoms with E-state index in [9.17, 15) is 0 Å². The Morgan fingerprint density at radius 2 is 2.00 bits per heavy atom. The molecule has 1 aromatic heterocycles. The molecule has 0 bridgehead atoms. The van der Waals surface area contributed by atoms with Crippen molar-refractivity contribution in [3.05, 3.63) is 59.8 Å². The maximum absolute atomic E-state index is 5.59. The molecule has 148 valence electrons. The van der Waals surface area contributed by atoms with Crippen LogP contribution in [0.4, 0.5) is 0 Å². The van der Waals surface area contributed by atoms with Crippen LogP contribution in [0.25, 0.3) is 0 Å². The van der Waals surface area contributed by atoms with Gasteiger partial charge in [0.05, 0.1) is 7.11 Å². The minimum atomic E-state index is 0.339. The van der Waals surface area contributed by atoms with Gasteiger partial charge in [-0.15, -0.1) is 0 Å². The smallest absolute Gasteiger partial charge is 0.231 e. The quantitative estimate of drug-likeness (QED) is 0.673. The second-order valence-corrected chi connectivity index (χ2v) is 7.40. The highest BCUT2D eigenvalue weighted by atomic mass is 16.7. The molecule has 1 aromatic carbocycles. The number of likely N-dealkylation sites (tertiary alicyclic amines) is 1. The largest absolute Gasteiger partial charge is 0.481 e. The molecule has 0 aliphatic carbocycles. The summed E-state index contributed by atoms with van der Waals surface area (Å²) in [5.74, 6) is 3.22. The number of piperidine rings is 1. The molecule has 0 amide bonds. The van der Waals surface area contributed by atoms with Crippen LogP contribution in [0, 0.1) is 5.92 Å². The van der Waals surface area contributed by atoms with E-state index in [0.717, 1.165) is 49.9 Å². The van der Waals surface area contributed by atoms with Crippen LogP contribution in [-0.4, -0.2) is 36.9 Å². The highest BCUT2D eigenvalue weighted by Gasteiger charge is 2.19. The molecular formula is C23H28N2O3. The van der Waals surface area contributed by atoms with Crippen LogP contribution >= 0.6 is 0 Å². The summed E-state index contributed by atoms with van der Waals surface area (Å²) in [7, 11) is 1.69. The van der Waals surface area contributed by atoms with Gasteiger partial charge in [-0.1, -0.05) is 30.4 Å². The molecule has 5 nitrogen and oxygen atoms in total. The number of benzene rings is 1. The zero-order chi connectivity index (χ0) is 19.2. The van der Waals surface area contributed by atoms with Crippen molar-refractivity contribution >= 4 is 0 Å². The van der Waals surface area contributed by atoms with Crippen molar-refractivity contribution in [2.75, 3.05) is 27.0 Å².